The lowest BCUT2D eigenvalue weighted by Gasteiger charge is -2.09. The lowest BCUT2D eigenvalue weighted by Crippen LogP contribution is -2.27. The molecular formula is C11H16N2O2. The minimum Gasteiger partial charge on any atom is -0.505 e. The zero-order chi connectivity index (χ0) is 11.4. The number of carbonyl (C=O) groups excluding carboxylic acids is 1. The Hall–Kier alpha value is -1.71. The molecule has 1 aromatic carbocycles. The third-order valence-electron chi connectivity index (χ3n) is 1.98. The van der Waals surface area contributed by atoms with Gasteiger partial charge in [-0.2, -0.15) is 0 Å². The molecule has 0 unspecified atom stereocenters. The van der Waals surface area contributed by atoms with Gasteiger partial charge < -0.3 is 16.2 Å². The summed E-state index contributed by atoms with van der Waals surface area (Å²) in [6.45, 7) is 4.58. The molecule has 1 amide bonds. The van der Waals surface area contributed by atoms with Crippen molar-refractivity contribution in [3.8, 4) is 5.75 Å². The lowest BCUT2D eigenvalue weighted by atomic mass is 10.1. The van der Waals surface area contributed by atoms with Crippen LogP contribution in [0.3, 0.4) is 0 Å². The summed E-state index contributed by atoms with van der Waals surface area (Å²) >= 11 is 0. The Kier molecular flexibility index (Phi) is 3.55. The number of phenolic OH excluding ortho intramolecular Hbond substituents is 1. The van der Waals surface area contributed by atoms with E-state index in [1.807, 2.05) is 13.8 Å². The quantitative estimate of drug-likeness (QED) is 0.518. The smallest absolute Gasteiger partial charge is 0.255 e. The summed E-state index contributed by atoms with van der Waals surface area (Å²) in [7, 11) is 0. The molecule has 15 heavy (non-hydrogen) atoms. The van der Waals surface area contributed by atoms with Crippen LogP contribution in [0, 0.1) is 5.92 Å². The van der Waals surface area contributed by atoms with Crippen LogP contribution < -0.4 is 11.1 Å². The van der Waals surface area contributed by atoms with E-state index in [2.05, 4.69) is 5.32 Å². The maximum atomic E-state index is 11.6. The number of benzene rings is 1. The minimum absolute atomic E-state index is 0.154. The van der Waals surface area contributed by atoms with E-state index in [-0.39, 0.29) is 22.9 Å². The van der Waals surface area contributed by atoms with E-state index in [1.54, 1.807) is 18.2 Å². The Balaban J connectivity index is 2.78. The molecule has 0 atom stereocenters. The zero-order valence-electron chi connectivity index (χ0n) is 8.95. The number of hydrogen-bond acceptors (Lipinski definition) is 3. The number of hydrogen-bond donors (Lipinski definition) is 3. The molecule has 0 aromatic heterocycles. The summed E-state index contributed by atoms with van der Waals surface area (Å²) in [5.74, 6) is -0.0793. The molecule has 82 valence electrons. The number of aromatic hydroxyl groups is 1. The molecule has 1 rings (SSSR count). The minimum atomic E-state index is -0.298. The normalized spacial score (nSPS) is 10.3. The molecule has 0 aliphatic carbocycles. The lowest BCUT2D eigenvalue weighted by molar-refractivity contribution is 0.0946. The highest BCUT2D eigenvalue weighted by atomic mass is 16.3. The summed E-state index contributed by atoms with van der Waals surface area (Å²) in [6.07, 6.45) is 0. The number of phenols is 1. The van der Waals surface area contributed by atoms with Gasteiger partial charge in [0.25, 0.3) is 5.91 Å². The number of amides is 1. The van der Waals surface area contributed by atoms with Crippen molar-refractivity contribution in [2.45, 2.75) is 13.8 Å². The van der Waals surface area contributed by atoms with Crippen LogP contribution >= 0.6 is 0 Å². The van der Waals surface area contributed by atoms with Crippen molar-refractivity contribution in [2.24, 2.45) is 5.92 Å². The molecule has 0 saturated carbocycles. The van der Waals surface area contributed by atoms with Gasteiger partial charge in [-0.25, -0.2) is 0 Å². The number of para-hydroxylation sites is 1. The number of nitrogens with two attached hydrogens (primary N) is 1. The number of rotatable bonds is 3. The number of anilines is 1. The Morgan fingerprint density at radius 1 is 1.53 bits per heavy atom. The number of nitrogen functional groups attached to an aromatic ring is 1. The van der Waals surface area contributed by atoms with E-state index in [9.17, 15) is 9.90 Å². The topological polar surface area (TPSA) is 75.4 Å². The largest absolute Gasteiger partial charge is 0.505 e. The van der Waals surface area contributed by atoms with Crippen molar-refractivity contribution in [3.63, 3.8) is 0 Å². The SMILES string of the molecule is CC(C)CNC(=O)c1cccc(N)c1O. The van der Waals surface area contributed by atoms with Gasteiger partial charge in [0, 0.05) is 6.54 Å². The molecule has 1 aromatic rings. The molecule has 0 fully saturated rings. The van der Waals surface area contributed by atoms with Gasteiger partial charge >= 0.3 is 0 Å². The van der Waals surface area contributed by atoms with Crippen LogP contribution in [0.25, 0.3) is 0 Å². The van der Waals surface area contributed by atoms with Crippen LogP contribution in [0.15, 0.2) is 18.2 Å². The Morgan fingerprint density at radius 3 is 2.80 bits per heavy atom. The van der Waals surface area contributed by atoms with Gasteiger partial charge in [-0.3, -0.25) is 4.79 Å². The summed E-state index contributed by atoms with van der Waals surface area (Å²) < 4.78 is 0. The molecular weight excluding hydrogens is 192 g/mol. The summed E-state index contributed by atoms with van der Waals surface area (Å²) in [6, 6.07) is 4.73. The molecule has 0 spiro atoms. The molecule has 0 saturated heterocycles. The maximum absolute atomic E-state index is 11.6. The van der Waals surface area contributed by atoms with Gasteiger partial charge in [0.2, 0.25) is 0 Å². The van der Waals surface area contributed by atoms with E-state index in [1.165, 1.54) is 0 Å². The third kappa shape index (κ3) is 2.87. The van der Waals surface area contributed by atoms with Crippen LogP contribution in [0.2, 0.25) is 0 Å². The van der Waals surface area contributed by atoms with Gasteiger partial charge in [-0.15, -0.1) is 0 Å². The fraction of sp³-hybridized carbons (Fsp3) is 0.364. The van der Waals surface area contributed by atoms with E-state index in [4.69, 9.17) is 5.73 Å². The first kappa shape index (κ1) is 11.4. The molecule has 4 nitrogen and oxygen atoms in total. The predicted octanol–water partition coefficient (Wildman–Crippen LogP) is 1.36. The molecule has 0 radical (unpaired) electrons. The Labute approximate surface area is 89.1 Å². The standard InChI is InChI=1S/C11H16N2O2/c1-7(2)6-13-11(15)8-4-3-5-9(12)10(8)14/h3-5,7,14H,6,12H2,1-2H3,(H,13,15). The second kappa shape index (κ2) is 4.68. The van der Waals surface area contributed by atoms with Crippen LogP contribution in [-0.4, -0.2) is 17.6 Å². The maximum Gasteiger partial charge on any atom is 0.255 e. The van der Waals surface area contributed by atoms with Crippen LogP contribution in [-0.2, 0) is 0 Å². The Morgan fingerprint density at radius 2 is 2.20 bits per heavy atom. The Bertz CT molecular complexity index is 362. The van der Waals surface area contributed by atoms with Crippen molar-refractivity contribution < 1.29 is 9.90 Å². The molecule has 0 aliphatic rings. The predicted molar refractivity (Wildman–Crippen MR) is 59.7 cm³/mol. The van der Waals surface area contributed by atoms with Crippen molar-refractivity contribution in [2.75, 3.05) is 12.3 Å². The molecule has 4 heteroatoms. The molecule has 0 heterocycles. The van der Waals surface area contributed by atoms with Crippen molar-refractivity contribution in [1.29, 1.82) is 0 Å². The summed E-state index contributed by atoms with van der Waals surface area (Å²) in [4.78, 5) is 11.6. The highest BCUT2D eigenvalue weighted by molar-refractivity contribution is 5.98. The van der Waals surface area contributed by atoms with E-state index in [0.29, 0.717) is 12.5 Å². The van der Waals surface area contributed by atoms with Gasteiger partial charge in [-0.05, 0) is 18.1 Å². The average Bonchev–Trinajstić information content (AvgIpc) is 2.18. The highest BCUT2D eigenvalue weighted by Crippen LogP contribution is 2.23. The van der Waals surface area contributed by atoms with Crippen LogP contribution in [0.5, 0.6) is 5.75 Å². The zero-order valence-corrected chi connectivity index (χ0v) is 8.95. The van der Waals surface area contributed by atoms with Crippen molar-refractivity contribution in [1.82, 2.24) is 5.32 Å². The highest BCUT2D eigenvalue weighted by Gasteiger charge is 2.12. The van der Waals surface area contributed by atoms with Crippen molar-refractivity contribution >= 4 is 11.6 Å². The number of carbonyl (C=O) groups is 1. The summed E-state index contributed by atoms with van der Waals surface area (Å²) in [5.41, 5.74) is 5.92. The van der Waals surface area contributed by atoms with E-state index >= 15 is 0 Å². The fourth-order valence-corrected chi connectivity index (χ4v) is 1.14. The molecule has 0 aliphatic heterocycles. The van der Waals surface area contributed by atoms with Crippen LogP contribution in [0.4, 0.5) is 5.69 Å². The van der Waals surface area contributed by atoms with Crippen molar-refractivity contribution in [3.05, 3.63) is 23.8 Å². The first-order chi connectivity index (χ1) is 7.02. The van der Waals surface area contributed by atoms with Gasteiger partial charge in [0.15, 0.2) is 5.75 Å². The third-order valence-corrected chi connectivity index (χ3v) is 1.98. The van der Waals surface area contributed by atoms with Gasteiger partial charge in [0.1, 0.15) is 0 Å². The van der Waals surface area contributed by atoms with Gasteiger partial charge in [-0.1, -0.05) is 19.9 Å². The summed E-state index contributed by atoms with van der Waals surface area (Å²) in [5, 5.41) is 12.3. The fourth-order valence-electron chi connectivity index (χ4n) is 1.14. The van der Waals surface area contributed by atoms with Gasteiger partial charge in [0.05, 0.1) is 11.3 Å². The number of nitrogens with one attached hydrogen (secondary N) is 1. The van der Waals surface area contributed by atoms with Crippen LogP contribution in [0.1, 0.15) is 24.2 Å². The van der Waals surface area contributed by atoms with E-state index in [0.717, 1.165) is 0 Å². The second-order valence-corrected chi connectivity index (χ2v) is 3.85. The first-order valence-corrected chi connectivity index (χ1v) is 4.88. The monoisotopic (exact) mass is 208 g/mol. The average molecular weight is 208 g/mol. The second-order valence-electron chi connectivity index (χ2n) is 3.85. The molecule has 0 bridgehead atoms. The first-order valence-electron chi connectivity index (χ1n) is 4.88. The van der Waals surface area contributed by atoms with E-state index < -0.39 is 0 Å². The molecule has 4 N–H and O–H groups in total.